The Kier molecular flexibility index (Phi) is 8.88. The largest absolute Gasteiger partial charge is 0.490 e. The highest BCUT2D eigenvalue weighted by Gasteiger charge is 2.16. The molecule has 0 fully saturated rings. The van der Waals surface area contributed by atoms with Crippen LogP contribution in [0.4, 0.5) is 5.69 Å². The fraction of sp³-hybridized carbons (Fsp3) is 0.440. The third kappa shape index (κ3) is 6.62. The van der Waals surface area contributed by atoms with Gasteiger partial charge in [-0.2, -0.15) is 0 Å². The summed E-state index contributed by atoms with van der Waals surface area (Å²) in [4.78, 5) is 35.1. The Bertz CT molecular complexity index is 1230. The quantitative estimate of drug-likeness (QED) is 0.274. The Morgan fingerprint density at radius 1 is 1.11 bits per heavy atom. The molecule has 0 spiro atoms. The number of ether oxygens (including phenoxy) is 2. The van der Waals surface area contributed by atoms with E-state index in [4.69, 9.17) is 13.9 Å². The first-order valence-corrected chi connectivity index (χ1v) is 11.8. The van der Waals surface area contributed by atoms with Crippen molar-refractivity contribution in [2.45, 2.75) is 59.0 Å². The molecule has 0 saturated carbocycles. The van der Waals surface area contributed by atoms with Gasteiger partial charge >= 0.3 is 5.76 Å². The zero-order valence-electron chi connectivity index (χ0n) is 20.2. The van der Waals surface area contributed by atoms with Crippen molar-refractivity contribution in [3.05, 3.63) is 62.6 Å². The molecule has 1 heterocycles. The summed E-state index contributed by atoms with van der Waals surface area (Å²) in [7, 11) is 0. The summed E-state index contributed by atoms with van der Waals surface area (Å²) in [6, 6.07) is 9.43. The molecule has 0 aliphatic heterocycles. The van der Waals surface area contributed by atoms with Gasteiger partial charge in [-0.3, -0.25) is 19.5 Å². The van der Waals surface area contributed by atoms with Crippen molar-refractivity contribution < 1.29 is 23.6 Å². The van der Waals surface area contributed by atoms with Gasteiger partial charge in [0.2, 0.25) is 5.91 Å². The maximum atomic E-state index is 12.5. The van der Waals surface area contributed by atoms with E-state index in [1.807, 2.05) is 39.0 Å². The van der Waals surface area contributed by atoms with Gasteiger partial charge in [-0.1, -0.05) is 19.9 Å². The molecule has 3 rings (SSSR count). The molecular formula is C25H31N3O7. The first-order chi connectivity index (χ1) is 16.8. The number of non-ortho nitro benzene ring substituents is 1. The monoisotopic (exact) mass is 485 g/mol. The number of aryl methyl sites for hydroxylation is 1. The van der Waals surface area contributed by atoms with Crippen LogP contribution in [0.15, 0.2) is 45.6 Å². The van der Waals surface area contributed by atoms with Crippen molar-refractivity contribution in [1.29, 1.82) is 0 Å². The summed E-state index contributed by atoms with van der Waals surface area (Å²) < 4.78 is 18.1. The van der Waals surface area contributed by atoms with E-state index in [0.29, 0.717) is 36.7 Å². The highest BCUT2D eigenvalue weighted by atomic mass is 16.6. The van der Waals surface area contributed by atoms with Gasteiger partial charge in [0.1, 0.15) is 0 Å². The van der Waals surface area contributed by atoms with E-state index in [2.05, 4.69) is 5.32 Å². The van der Waals surface area contributed by atoms with Crippen LogP contribution in [0, 0.1) is 10.1 Å². The van der Waals surface area contributed by atoms with E-state index in [1.54, 1.807) is 0 Å². The Morgan fingerprint density at radius 3 is 2.51 bits per heavy atom. The predicted molar refractivity (Wildman–Crippen MR) is 131 cm³/mol. The summed E-state index contributed by atoms with van der Waals surface area (Å²) in [6.45, 7) is 7.38. The number of benzene rings is 2. The third-order valence-corrected chi connectivity index (χ3v) is 5.42. The number of nitrogens with zero attached hydrogens (tertiary/aromatic N) is 2. The number of rotatable bonds is 13. The highest BCUT2D eigenvalue weighted by molar-refractivity contribution is 5.77. The number of amides is 1. The van der Waals surface area contributed by atoms with Gasteiger partial charge in [0.25, 0.3) is 5.69 Å². The summed E-state index contributed by atoms with van der Waals surface area (Å²) in [5.41, 5.74) is 1.35. The molecule has 2 aromatic carbocycles. The number of hydrogen-bond donors (Lipinski definition) is 1. The van der Waals surface area contributed by atoms with Crippen LogP contribution in [0.25, 0.3) is 11.1 Å². The van der Waals surface area contributed by atoms with E-state index < -0.39 is 10.7 Å². The van der Waals surface area contributed by atoms with E-state index >= 15 is 0 Å². The number of oxazole rings is 1. The Labute approximate surface area is 203 Å². The molecule has 1 amide bonds. The molecule has 10 heteroatoms. The Hall–Kier alpha value is -3.82. The lowest BCUT2D eigenvalue weighted by atomic mass is 10.1. The van der Waals surface area contributed by atoms with Crippen molar-refractivity contribution in [2.75, 3.05) is 13.2 Å². The molecule has 0 saturated heterocycles. The van der Waals surface area contributed by atoms with Crippen LogP contribution in [0.3, 0.4) is 0 Å². The average Bonchev–Trinajstić information content (AvgIpc) is 3.15. The molecule has 1 aromatic heterocycles. The maximum Gasteiger partial charge on any atom is 0.419 e. The van der Waals surface area contributed by atoms with Crippen molar-refractivity contribution in [3.63, 3.8) is 0 Å². The Morgan fingerprint density at radius 2 is 1.83 bits per heavy atom. The van der Waals surface area contributed by atoms with Crippen molar-refractivity contribution in [2.24, 2.45) is 0 Å². The standard InChI is InChI=1S/C25H31N3O7/c1-4-13-33-21-11-8-18(15-23(21)34-14-5-2)17(3)26-24(29)7-6-12-27-20-10-9-19(28(31)32)16-22(20)35-25(27)30/h8-11,15-17H,4-7,12-14H2,1-3H3,(H,26,29). The lowest BCUT2D eigenvalue weighted by molar-refractivity contribution is -0.384. The number of carbonyl (C=O) groups is 1. The molecule has 3 aromatic rings. The van der Waals surface area contributed by atoms with Crippen LogP contribution in [-0.4, -0.2) is 28.6 Å². The van der Waals surface area contributed by atoms with Gasteiger partial charge in [-0.05, 0) is 49.9 Å². The predicted octanol–water partition coefficient (Wildman–Crippen LogP) is 4.74. The van der Waals surface area contributed by atoms with Crippen molar-refractivity contribution in [1.82, 2.24) is 9.88 Å². The molecule has 0 aliphatic carbocycles. The zero-order valence-corrected chi connectivity index (χ0v) is 20.2. The minimum Gasteiger partial charge on any atom is -0.490 e. The van der Waals surface area contributed by atoms with Crippen LogP contribution in [0.2, 0.25) is 0 Å². The molecular weight excluding hydrogens is 454 g/mol. The minimum atomic E-state index is -0.612. The topological polar surface area (TPSA) is 126 Å². The van der Waals surface area contributed by atoms with Crippen LogP contribution in [0.5, 0.6) is 11.5 Å². The maximum absolute atomic E-state index is 12.5. The minimum absolute atomic E-state index is 0.148. The van der Waals surface area contributed by atoms with E-state index in [1.165, 1.54) is 22.8 Å². The average molecular weight is 486 g/mol. The number of nitro groups is 1. The lowest BCUT2D eigenvalue weighted by Gasteiger charge is -2.18. The van der Waals surface area contributed by atoms with Gasteiger partial charge in [0, 0.05) is 19.0 Å². The first-order valence-electron chi connectivity index (χ1n) is 11.8. The molecule has 1 atom stereocenters. The second-order valence-corrected chi connectivity index (χ2v) is 8.22. The van der Waals surface area contributed by atoms with Gasteiger partial charge in [0.15, 0.2) is 17.1 Å². The number of aromatic nitrogens is 1. The lowest BCUT2D eigenvalue weighted by Crippen LogP contribution is -2.27. The number of fused-ring (bicyclic) bond motifs is 1. The van der Waals surface area contributed by atoms with Crippen molar-refractivity contribution >= 4 is 22.7 Å². The normalized spacial score (nSPS) is 11.9. The van der Waals surface area contributed by atoms with Gasteiger partial charge < -0.3 is 19.2 Å². The number of hydrogen-bond acceptors (Lipinski definition) is 7. The van der Waals surface area contributed by atoms with Crippen LogP contribution >= 0.6 is 0 Å². The Balaban J connectivity index is 1.59. The fourth-order valence-corrected chi connectivity index (χ4v) is 3.63. The summed E-state index contributed by atoms with van der Waals surface area (Å²) >= 11 is 0. The van der Waals surface area contributed by atoms with Gasteiger partial charge in [0.05, 0.1) is 35.8 Å². The van der Waals surface area contributed by atoms with E-state index in [0.717, 1.165) is 18.4 Å². The SMILES string of the molecule is CCCOc1ccc(C(C)NC(=O)CCCn2c(=O)oc3cc([N+](=O)[O-])ccc32)cc1OCCC. The smallest absolute Gasteiger partial charge is 0.419 e. The summed E-state index contributed by atoms with van der Waals surface area (Å²) in [5.74, 6) is 0.576. The van der Waals surface area contributed by atoms with E-state index in [9.17, 15) is 19.7 Å². The second-order valence-electron chi connectivity index (χ2n) is 8.22. The summed E-state index contributed by atoms with van der Waals surface area (Å²) in [5, 5.41) is 13.9. The zero-order chi connectivity index (χ0) is 25.4. The molecule has 1 N–H and O–H groups in total. The third-order valence-electron chi connectivity index (χ3n) is 5.42. The fourth-order valence-electron chi connectivity index (χ4n) is 3.63. The molecule has 0 bridgehead atoms. The number of nitrogens with one attached hydrogen (secondary N) is 1. The molecule has 35 heavy (non-hydrogen) atoms. The number of nitro benzene ring substituents is 1. The van der Waals surface area contributed by atoms with Gasteiger partial charge in [-0.15, -0.1) is 0 Å². The van der Waals surface area contributed by atoms with Crippen molar-refractivity contribution in [3.8, 4) is 11.5 Å². The summed E-state index contributed by atoms with van der Waals surface area (Å²) in [6.07, 6.45) is 2.36. The molecule has 188 valence electrons. The highest BCUT2D eigenvalue weighted by Crippen LogP contribution is 2.31. The van der Waals surface area contributed by atoms with E-state index in [-0.39, 0.29) is 36.2 Å². The van der Waals surface area contributed by atoms with Gasteiger partial charge in [-0.25, -0.2) is 4.79 Å². The molecule has 1 unspecified atom stereocenters. The van der Waals surface area contributed by atoms with Crippen LogP contribution in [0.1, 0.15) is 58.1 Å². The van der Waals surface area contributed by atoms with Crippen LogP contribution in [-0.2, 0) is 11.3 Å². The first kappa shape index (κ1) is 25.8. The second kappa shape index (κ2) is 12.0. The molecule has 0 radical (unpaired) electrons. The molecule has 10 nitrogen and oxygen atoms in total. The van der Waals surface area contributed by atoms with Crippen LogP contribution < -0.4 is 20.5 Å². The molecule has 0 aliphatic rings. The number of carbonyl (C=O) groups excluding carboxylic acids is 1.